The second-order valence-electron chi connectivity index (χ2n) is 2.25. The van der Waals surface area contributed by atoms with Gasteiger partial charge in [0.15, 0.2) is 0 Å². The van der Waals surface area contributed by atoms with Gasteiger partial charge in [-0.1, -0.05) is 6.92 Å². The van der Waals surface area contributed by atoms with Crippen LogP contribution in [0.25, 0.3) is 0 Å². The van der Waals surface area contributed by atoms with Crippen molar-refractivity contribution < 1.29 is 0 Å². The lowest BCUT2D eigenvalue weighted by molar-refractivity contribution is 0.768. The number of hydrogen-bond acceptors (Lipinski definition) is 4. The summed E-state index contributed by atoms with van der Waals surface area (Å²) in [6.07, 6.45) is 5.19. The Bertz CT molecular complexity index is 203. The summed E-state index contributed by atoms with van der Waals surface area (Å²) in [4.78, 5) is 8.13. The van der Waals surface area contributed by atoms with Gasteiger partial charge in [-0.2, -0.15) is 0 Å². The zero-order valence-electron chi connectivity index (χ0n) is 7.16. The minimum Gasteiger partial charge on any atom is -0.316 e. The lowest BCUT2D eigenvalue weighted by atomic mass is 10.7. The predicted molar refractivity (Wildman–Crippen MR) is 51.3 cm³/mol. The van der Waals surface area contributed by atoms with Crippen LogP contribution in [0.15, 0.2) is 23.6 Å². The summed E-state index contributed by atoms with van der Waals surface area (Å²) in [5, 5.41) is 4.25. The second kappa shape index (κ2) is 5.97. The zero-order chi connectivity index (χ0) is 8.65. The van der Waals surface area contributed by atoms with Gasteiger partial charge < -0.3 is 5.32 Å². The molecular formula is C8H13N3S. The Morgan fingerprint density at radius 3 is 3.08 bits per heavy atom. The number of thioether (sulfide) groups is 1. The van der Waals surface area contributed by atoms with E-state index in [9.17, 15) is 0 Å². The van der Waals surface area contributed by atoms with Crippen molar-refractivity contribution in [2.75, 3.05) is 18.8 Å². The number of nitrogens with one attached hydrogen (secondary N) is 1. The Morgan fingerprint density at radius 2 is 2.42 bits per heavy atom. The number of rotatable bonds is 5. The fourth-order valence-electron chi connectivity index (χ4n) is 0.764. The van der Waals surface area contributed by atoms with Crippen molar-refractivity contribution in [3.8, 4) is 0 Å². The SMILES string of the molecule is CCNCCSc1cnccn1. The molecule has 12 heavy (non-hydrogen) atoms. The fraction of sp³-hybridized carbons (Fsp3) is 0.500. The summed E-state index contributed by atoms with van der Waals surface area (Å²) in [5.41, 5.74) is 0. The molecule has 0 bridgehead atoms. The van der Waals surface area contributed by atoms with Gasteiger partial charge in [-0.15, -0.1) is 11.8 Å². The van der Waals surface area contributed by atoms with Crippen molar-refractivity contribution in [1.29, 1.82) is 0 Å². The highest BCUT2D eigenvalue weighted by molar-refractivity contribution is 7.99. The zero-order valence-corrected chi connectivity index (χ0v) is 7.97. The highest BCUT2D eigenvalue weighted by Crippen LogP contribution is 2.10. The third kappa shape index (κ3) is 3.69. The Morgan fingerprint density at radius 1 is 1.50 bits per heavy atom. The molecule has 0 spiro atoms. The van der Waals surface area contributed by atoms with Gasteiger partial charge in [0.1, 0.15) is 5.03 Å². The Balaban J connectivity index is 2.16. The van der Waals surface area contributed by atoms with Crippen LogP contribution in [0.4, 0.5) is 0 Å². The monoisotopic (exact) mass is 183 g/mol. The lowest BCUT2D eigenvalue weighted by Gasteiger charge is -1.99. The van der Waals surface area contributed by atoms with Crippen molar-refractivity contribution in [2.45, 2.75) is 11.9 Å². The lowest BCUT2D eigenvalue weighted by Crippen LogP contribution is -2.15. The Labute approximate surface area is 77.0 Å². The quantitative estimate of drug-likeness (QED) is 0.549. The molecule has 3 nitrogen and oxygen atoms in total. The molecule has 0 unspecified atom stereocenters. The molecule has 0 radical (unpaired) electrons. The van der Waals surface area contributed by atoms with Crippen LogP contribution in [0.2, 0.25) is 0 Å². The summed E-state index contributed by atoms with van der Waals surface area (Å²) >= 11 is 1.72. The topological polar surface area (TPSA) is 37.8 Å². The first-order chi connectivity index (χ1) is 5.93. The average molecular weight is 183 g/mol. The second-order valence-corrected chi connectivity index (χ2v) is 3.36. The number of hydrogen-bond donors (Lipinski definition) is 1. The van der Waals surface area contributed by atoms with Gasteiger partial charge in [0.2, 0.25) is 0 Å². The van der Waals surface area contributed by atoms with Crippen molar-refractivity contribution >= 4 is 11.8 Å². The molecular weight excluding hydrogens is 170 g/mol. The maximum absolute atomic E-state index is 4.15. The van der Waals surface area contributed by atoms with E-state index >= 15 is 0 Å². The van der Waals surface area contributed by atoms with E-state index in [1.54, 1.807) is 30.4 Å². The Hall–Kier alpha value is -0.610. The van der Waals surface area contributed by atoms with Gasteiger partial charge in [-0.3, -0.25) is 4.98 Å². The molecule has 0 fully saturated rings. The van der Waals surface area contributed by atoms with E-state index in [-0.39, 0.29) is 0 Å². The summed E-state index contributed by atoms with van der Waals surface area (Å²) in [7, 11) is 0. The molecule has 0 atom stereocenters. The van der Waals surface area contributed by atoms with Gasteiger partial charge >= 0.3 is 0 Å². The van der Waals surface area contributed by atoms with Gasteiger partial charge in [-0.25, -0.2) is 4.98 Å². The minimum atomic E-state index is 0.996. The molecule has 0 saturated heterocycles. The third-order valence-electron chi connectivity index (χ3n) is 1.32. The molecule has 0 amide bonds. The van der Waals surface area contributed by atoms with Gasteiger partial charge in [0.25, 0.3) is 0 Å². The van der Waals surface area contributed by atoms with Crippen LogP contribution in [0.1, 0.15) is 6.92 Å². The van der Waals surface area contributed by atoms with Crippen LogP contribution in [0, 0.1) is 0 Å². The van der Waals surface area contributed by atoms with Crippen LogP contribution in [0.5, 0.6) is 0 Å². The highest BCUT2D eigenvalue weighted by atomic mass is 32.2. The first kappa shape index (κ1) is 9.48. The van der Waals surface area contributed by atoms with Crippen LogP contribution in [-0.4, -0.2) is 28.8 Å². The minimum absolute atomic E-state index is 0.996. The van der Waals surface area contributed by atoms with E-state index in [1.807, 2.05) is 0 Å². The largest absolute Gasteiger partial charge is 0.316 e. The first-order valence-corrected chi connectivity index (χ1v) is 5.01. The van der Waals surface area contributed by atoms with Gasteiger partial charge in [0.05, 0.1) is 6.20 Å². The third-order valence-corrected chi connectivity index (χ3v) is 2.23. The van der Waals surface area contributed by atoms with Gasteiger partial charge in [-0.05, 0) is 6.54 Å². The van der Waals surface area contributed by atoms with Crippen LogP contribution in [0.3, 0.4) is 0 Å². The van der Waals surface area contributed by atoms with Crippen molar-refractivity contribution in [3.05, 3.63) is 18.6 Å². The van der Waals surface area contributed by atoms with Crippen LogP contribution in [-0.2, 0) is 0 Å². The Kier molecular flexibility index (Phi) is 4.71. The smallest absolute Gasteiger partial charge is 0.114 e. The molecule has 4 heteroatoms. The molecule has 1 aromatic heterocycles. The highest BCUT2D eigenvalue weighted by Gasteiger charge is 1.92. The van der Waals surface area contributed by atoms with Crippen molar-refractivity contribution in [3.63, 3.8) is 0 Å². The van der Waals surface area contributed by atoms with E-state index in [1.165, 1.54) is 0 Å². The number of nitrogens with zero attached hydrogens (tertiary/aromatic N) is 2. The normalized spacial score (nSPS) is 10.1. The summed E-state index contributed by atoms with van der Waals surface area (Å²) in [6, 6.07) is 0. The summed E-state index contributed by atoms with van der Waals surface area (Å²) < 4.78 is 0. The molecule has 66 valence electrons. The van der Waals surface area contributed by atoms with E-state index in [0.717, 1.165) is 23.9 Å². The average Bonchev–Trinajstić information content (AvgIpc) is 2.14. The predicted octanol–water partition coefficient (Wildman–Crippen LogP) is 1.18. The van der Waals surface area contributed by atoms with Crippen LogP contribution < -0.4 is 5.32 Å². The van der Waals surface area contributed by atoms with Gasteiger partial charge in [0, 0.05) is 24.7 Å². The van der Waals surface area contributed by atoms with Crippen LogP contribution >= 0.6 is 11.8 Å². The summed E-state index contributed by atoms with van der Waals surface area (Å²) in [5.74, 6) is 1.05. The maximum atomic E-state index is 4.15. The molecule has 0 aliphatic rings. The molecule has 1 rings (SSSR count). The molecule has 0 saturated carbocycles. The molecule has 0 aromatic carbocycles. The molecule has 1 heterocycles. The van der Waals surface area contributed by atoms with Crippen molar-refractivity contribution in [1.82, 2.24) is 15.3 Å². The van der Waals surface area contributed by atoms with E-state index in [0.29, 0.717) is 0 Å². The molecule has 1 aromatic rings. The fourth-order valence-corrected chi connectivity index (χ4v) is 1.49. The van der Waals surface area contributed by atoms with E-state index in [2.05, 4.69) is 22.2 Å². The number of aromatic nitrogens is 2. The first-order valence-electron chi connectivity index (χ1n) is 4.03. The maximum Gasteiger partial charge on any atom is 0.114 e. The van der Waals surface area contributed by atoms with Crippen molar-refractivity contribution in [2.24, 2.45) is 0 Å². The molecule has 0 aliphatic heterocycles. The van der Waals surface area contributed by atoms with E-state index < -0.39 is 0 Å². The molecule has 0 aliphatic carbocycles. The van der Waals surface area contributed by atoms with E-state index in [4.69, 9.17) is 0 Å². The molecule has 1 N–H and O–H groups in total. The standard InChI is InChI=1S/C8H13N3S/c1-2-9-5-6-12-8-7-10-3-4-11-8/h3-4,7,9H,2,5-6H2,1H3. The summed E-state index contributed by atoms with van der Waals surface area (Å²) in [6.45, 7) is 4.16.